The lowest BCUT2D eigenvalue weighted by Gasteiger charge is -2.24. The first-order valence-corrected chi connectivity index (χ1v) is 10.9. The number of amides is 1. The van der Waals surface area contributed by atoms with Crippen LogP contribution in [0.15, 0.2) is 52.8 Å². The van der Waals surface area contributed by atoms with E-state index in [0.29, 0.717) is 35.4 Å². The average molecular weight is 454 g/mol. The standard InChI is InChI=1S/C22H24FN7OS/c1-14-20(32-30-10-9-25-15(13-30)5-6-24)11-19(29(14)2)22(31)28-12-16-17(23)3-4-18-21(16)27-8-7-26-18/h3-8,11H,9-10,12-13,24H2,1-2H3,(H,28,31)/b6-5-. The van der Waals surface area contributed by atoms with E-state index in [1.54, 1.807) is 30.3 Å². The van der Waals surface area contributed by atoms with E-state index in [4.69, 9.17) is 5.73 Å². The van der Waals surface area contributed by atoms with Crippen molar-refractivity contribution < 1.29 is 9.18 Å². The highest BCUT2D eigenvalue weighted by Gasteiger charge is 2.20. The summed E-state index contributed by atoms with van der Waals surface area (Å²) in [6.07, 6.45) is 6.36. The van der Waals surface area contributed by atoms with Crippen LogP contribution < -0.4 is 11.1 Å². The molecule has 166 valence electrons. The molecule has 0 aliphatic carbocycles. The fourth-order valence-corrected chi connectivity index (χ4v) is 4.61. The van der Waals surface area contributed by atoms with Gasteiger partial charge in [-0.25, -0.2) is 8.70 Å². The first-order valence-electron chi connectivity index (χ1n) is 10.1. The summed E-state index contributed by atoms with van der Waals surface area (Å²) in [7, 11) is 1.85. The number of fused-ring (bicyclic) bond motifs is 1. The maximum atomic E-state index is 14.4. The van der Waals surface area contributed by atoms with E-state index in [2.05, 4.69) is 24.6 Å². The zero-order chi connectivity index (χ0) is 22.7. The zero-order valence-electron chi connectivity index (χ0n) is 17.9. The summed E-state index contributed by atoms with van der Waals surface area (Å²) >= 11 is 1.59. The number of nitrogens with two attached hydrogens (primary N) is 1. The molecule has 1 aliphatic heterocycles. The van der Waals surface area contributed by atoms with Crippen molar-refractivity contribution in [3.05, 3.63) is 65.6 Å². The lowest BCUT2D eigenvalue weighted by atomic mass is 10.1. The zero-order valence-corrected chi connectivity index (χ0v) is 18.7. The molecule has 0 saturated heterocycles. The van der Waals surface area contributed by atoms with Crippen LogP contribution in [-0.4, -0.2) is 50.1 Å². The molecule has 32 heavy (non-hydrogen) atoms. The molecule has 10 heteroatoms. The van der Waals surface area contributed by atoms with E-state index in [1.165, 1.54) is 18.5 Å². The quantitative estimate of drug-likeness (QED) is 0.557. The van der Waals surface area contributed by atoms with Gasteiger partial charge in [-0.05, 0) is 49.3 Å². The number of rotatable bonds is 6. The predicted octanol–water partition coefficient (Wildman–Crippen LogP) is 2.58. The smallest absolute Gasteiger partial charge is 0.268 e. The van der Waals surface area contributed by atoms with Gasteiger partial charge in [-0.15, -0.1) is 0 Å². The summed E-state index contributed by atoms with van der Waals surface area (Å²) in [6, 6.07) is 4.78. The molecule has 3 heterocycles. The van der Waals surface area contributed by atoms with Crippen LogP contribution in [0.3, 0.4) is 0 Å². The molecule has 1 aromatic carbocycles. The van der Waals surface area contributed by atoms with E-state index in [-0.39, 0.29) is 12.5 Å². The molecule has 1 amide bonds. The van der Waals surface area contributed by atoms with Crippen LogP contribution in [0.25, 0.3) is 11.0 Å². The molecule has 3 aromatic rings. The summed E-state index contributed by atoms with van der Waals surface area (Å²) in [5, 5.41) is 2.82. The average Bonchev–Trinajstić information content (AvgIpc) is 3.07. The van der Waals surface area contributed by atoms with Crippen molar-refractivity contribution in [1.82, 2.24) is 24.2 Å². The third kappa shape index (κ3) is 4.51. The molecule has 3 N–H and O–H groups in total. The van der Waals surface area contributed by atoms with Gasteiger partial charge in [-0.2, -0.15) is 0 Å². The SMILES string of the molecule is Cc1c(SN2CCN=C(/C=C\N)C2)cc(C(=O)NCc2c(F)ccc3nccnc23)n1C. The minimum absolute atomic E-state index is 0.0186. The molecule has 0 spiro atoms. The lowest BCUT2D eigenvalue weighted by Crippen LogP contribution is -2.30. The Bertz CT molecular complexity index is 1220. The maximum absolute atomic E-state index is 14.4. The topological polar surface area (TPSA) is 101 Å². The van der Waals surface area contributed by atoms with E-state index >= 15 is 0 Å². The number of hydrogen-bond donors (Lipinski definition) is 2. The second kappa shape index (κ2) is 9.49. The first-order chi connectivity index (χ1) is 15.5. The Labute approximate surface area is 189 Å². The Kier molecular flexibility index (Phi) is 6.52. The van der Waals surface area contributed by atoms with Crippen molar-refractivity contribution >= 4 is 34.6 Å². The summed E-state index contributed by atoms with van der Waals surface area (Å²) < 4.78 is 18.4. The number of hydrogen-bond acceptors (Lipinski definition) is 7. The largest absolute Gasteiger partial charge is 0.405 e. The number of aliphatic imine (C=N–C) groups is 1. The summed E-state index contributed by atoms with van der Waals surface area (Å²) in [5.74, 6) is -0.707. The summed E-state index contributed by atoms with van der Waals surface area (Å²) in [5.41, 5.74) is 9.24. The molecule has 1 aliphatic rings. The highest BCUT2D eigenvalue weighted by Crippen LogP contribution is 2.29. The molecule has 0 bridgehead atoms. The van der Waals surface area contributed by atoms with Gasteiger partial charge in [0.25, 0.3) is 5.91 Å². The van der Waals surface area contributed by atoms with Gasteiger partial charge in [0, 0.05) is 48.7 Å². The van der Waals surface area contributed by atoms with Gasteiger partial charge in [0.15, 0.2) is 0 Å². The fraction of sp³-hybridized carbons (Fsp3) is 0.273. The molecule has 0 saturated carbocycles. The molecular weight excluding hydrogens is 429 g/mol. The Morgan fingerprint density at radius 1 is 1.34 bits per heavy atom. The van der Waals surface area contributed by atoms with Crippen LogP contribution in [-0.2, 0) is 13.6 Å². The van der Waals surface area contributed by atoms with Gasteiger partial charge in [0.05, 0.1) is 29.8 Å². The third-order valence-electron chi connectivity index (χ3n) is 5.35. The number of halogens is 1. The fourth-order valence-electron chi connectivity index (χ4n) is 3.53. The number of carbonyl (C=O) groups is 1. The Morgan fingerprint density at radius 3 is 2.97 bits per heavy atom. The number of nitrogens with zero attached hydrogens (tertiary/aromatic N) is 5. The van der Waals surface area contributed by atoms with Gasteiger partial charge >= 0.3 is 0 Å². The summed E-state index contributed by atoms with van der Waals surface area (Å²) in [6.45, 7) is 4.17. The van der Waals surface area contributed by atoms with Crippen LogP contribution in [0.2, 0.25) is 0 Å². The molecule has 0 atom stereocenters. The van der Waals surface area contributed by atoms with Crippen LogP contribution in [0, 0.1) is 12.7 Å². The number of aromatic nitrogens is 3. The molecule has 0 fully saturated rings. The van der Waals surface area contributed by atoms with Gasteiger partial charge < -0.3 is 15.6 Å². The predicted molar refractivity (Wildman–Crippen MR) is 124 cm³/mol. The van der Waals surface area contributed by atoms with Crippen molar-refractivity contribution in [1.29, 1.82) is 0 Å². The minimum atomic E-state index is -0.424. The van der Waals surface area contributed by atoms with Crippen LogP contribution in [0.5, 0.6) is 0 Å². The van der Waals surface area contributed by atoms with E-state index < -0.39 is 5.82 Å². The van der Waals surface area contributed by atoms with Crippen LogP contribution in [0.1, 0.15) is 21.7 Å². The second-order valence-electron chi connectivity index (χ2n) is 7.36. The third-order valence-corrected chi connectivity index (χ3v) is 6.53. The highest BCUT2D eigenvalue weighted by molar-refractivity contribution is 7.97. The van der Waals surface area contributed by atoms with Gasteiger partial charge in [-0.1, -0.05) is 0 Å². The molecule has 8 nitrogen and oxygen atoms in total. The highest BCUT2D eigenvalue weighted by atomic mass is 32.2. The number of nitrogens with one attached hydrogen (secondary N) is 1. The van der Waals surface area contributed by atoms with Crippen molar-refractivity contribution in [3.8, 4) is 0 Å². The Balaban J connectivity index is 1.48. The number of carbonyl (C=O) groups excluding carboxylic acids is 1. The van der Waals surface area contributed by atoms with Crippen molar-refractivity contribution in [3.63, 3.8) is 0 Å². The number of benzene rings is 1. The maximum Gasteiger partial charge on any atom is 0.268 e. The first kappa shape index (κ1) is 22.0. The van der Waals surface area contributed by atoms with Crippen molar-refractivity contribution in [2.24, 2.45) is 17.8 Å². The lowest BCUT2D eigenvalue weighted by molar-refractivity contribution is 0.0942. The van der Waals surface area contributed by atoms with E-state index in [9.17, 15) is 9.18 Å². The van der Waals surface area contributed by atoms with E-state index in [0.717, 1.165) is 22.8 Å². The summed E-state index contributed by atoms with van der Waals surface area (Å²) in [4.78, 5) is 26.8. The van der Waals surface area contributed by atoms with Gasteiger partial charge in [0.1, 0.15) is 11.5 Å². The van der Waals surface area contributed by atoms with Crippen molar-refractivity contribution in [2.45, 2.75) is 18.4 Å². The monoisotopic (exact) mass is 453 g/mol. The second-order valence-corrected chi connectivity index (χ2v) is 8.50. The molecule has 2 aromatic heterocycles. The molecule has 4 rings (SSSR count). The molecular formula is C22H24FN7OS. The van der Waals surface area contributed by atoms with Gasteiger partial charge in [0.2, 0.25) is 0 Å². The molecule has 0 unspecified atom stereocenters. The minimum Gasteiger partial charge on any atom is -0.405 e. The van der Waals surface area contributed by atoms with E-state index in [1.807, 2.05) is 24.6 Å². The van der Waals surface area contributed by atoms with Crippen LogP contribution in [0.4, 0.5) is 4.39 Å². The molecule has 0 radical (unpaired) electrons. The Hall–Kier alpha value is -3.24. The van der Waals surface area contributed by atoms with Crippen LogP contribution >= 0.6 is 11.9 Å². The van der Waals surface area contributed by atoms with Crippen molar-refractivity contribution in [2.75, 3.05) is 19.6 Å². The Morgan fingerprint density at radius 2 is 2.16 bits per heavy atom. The normalized spacial score (nSPS) is 14.8. The van der Waals surface area contributed by atoms with Gasteiger partial charge in [-0.3, -0.25) is 19.8 Å².